The molecule has 1 heterocycles. The van der Waals surface area contributed by atoms with Crippen molar-refractivity contribution >= 4 is 35.7 Å². The first-order valence-electron chi connectivity index (χ1n) is 8.01. The Kier molecular flexibility index (Phi) is 9.17. The minimum absolute atomic E-state index is 0.594. The van der Waals surface area contributed by atoms with Crippen LogP contribution in [-0.2, 0) is 21.2 Å². The molecule has 0 spiro atoms. The normalized spacial score (nSPS) is 36.8. The summed E-state index contributed by atoms with van der Waals surface area (Å²) in [6, 6.07) is 1.44. The topological polar surface area (TPSA) is 98.2 Å². The lowest BCUT2D eigenvalue weighted by atomic mass is 10.5. The molecule has 0 bridgehead atoms. The first-order chi connectivity index (χ1) is 10.4. The van der Waals surface area contributed by atoms with Crippen LogP contribution < -0.4 is 11.5 Å². The van der Waals surface area contributed by atoms with Crippen LogP contribution in [0, 0.1) is 0 Å². The number of nitrogens with two attached hydrogens (primary N) is 2. The van der Waals surface area contributed by atoms with Crippen LogP contribution in [0.5, 0.6) is 0 Å². The van der Waals surface area contributed by atoms with Crippen molar-refractivity contribution in [2.45, 2.75) is 43.7 Å². The van der Waals surface area contributed by atoms with E-state index in [4.69, 9.17) is 32.7 Å². The Morgan fingerprint density at radius 3 is 1.64 bits per heavy atom. The number of hydrogen-bond acceptors (Lipinski definition) is 7. The van der Waals surface area contributed by atoms with Crippen molar-refractivity contribution in [3.63, 3.8) is 0 Å². The molecule has 0 aromatic rings. The van der Waals surface area contributed by atoms with E-state index in [1.807, 2.05) is 0 Å². The van der Waals surface area contributed by atoms with Gasteiger partial charge in [0.1, 0.15) is 0 Å². The summed E-state index contributed by atoms with van der Waals surface area (Å²) in [4.78, 5) is 0. The summed E-state index contributed by atoms with van der Waals surface area (Å²) in [6.07, 6.45) is 1.64. The molecular weight excluding hydrogens is 352 g/mol. The molecular formula is C11H32N2O5Si4. The van der Waals surface area contributed by atoms with E-state index in [0.717, 1.165) is 30.6 Å². The molecule has 0 aromatic carbocycles. The Morgan fingerprint density at radius 2 is 1.32 bits per heavy atom. The fourth-order valence-electron chi connectivity index (χ4n) is 2.70. The van der Waals surface area contributed by atoms with Gasteiger partial charge in [0.15, 0.2) is 18.1 Å². The molecule has 1 fully saturated rings. The third-order valence-electron chi connectivity index (χ3n) is 3.73. The highest BCUT2D eigenvalue weighted by molar-refractivity contribution is 6.86. The van der Waals surface area contributed by atoms with E-state index in [1.54, 1.807) is 14.2 Å². The van der Waals surface area contributed by atoms with Gasteiger partial charge in [-0.1, -0.05) is 0 Å². The highest BCUT2D eigenvalue weighted by atomic mass is 28.5. The minimum Gasteiger partial charge on any atom is -0.419 e. The minimum atomic E-state index is -2.78. The van der Waals surface area contributed by atoms with Crippen molar-refractivity contribution in [1.82, 2.24) is 0 Å². The molecule has 0 radical (unpaired) electrons. The smallest absolute Gasteiger partial charge is 0.419 e. The molecule has 0 amide bonds. The molecule has 0 aliphatic carbocycles. The lowest BCUT2D eigenvalue weighted by Crippen LogP contribution is -2.63. The monoisotopic (exact) mass is 384 g/mol. The summed E-state index contributed by atoms with van der Waals surface area (Å²) in [5.41, 5.74) is 12.4. The summed E-state index contributed by atoms with van der Waals surface area (Å²) in [5, 5.41) is 0. The van der Waals surface area contributed by atoms with Crippen molar-refractivity contribution in [2.24, 2.45) is 11.5 Å². The second-order valence-corrected chi connectivity index (χ2v) is 18.1. The average molecular weight is 385 g/mol. The van der Waals surface area contributed by atoms with Gasteiger partial charge in [0.2, 0.25) is 0 Å². The quantitative estimate of drug-likeness (QED) is 0.575. The fraction of sp³-hybridized carbons (Fsp3) is 1.00. The second-order valence-electron chi connectivity index (χ2n) is 5.75. The average Bonchev–Trinajstić information content (AvgIpc) is 2.48. The van der Waals surface area contributed by atoms with Crippen molar-refractivity contribution in [2.75, 3.05) is 27.3 Å². The summed E-state index contributed by atoms with van der Waals surface area (Å²) in [5.74, 6) is 0. The van der Waals surface area contributed by atoms with Gasteiger partial charge in [-0.25, -0.2) is 0 Å². The lowest BCUT2D eigenvalue weighted by Gasteiger charge is -2.42. The van der Waals surface area contributed by atoms with E-state index in [-0.39, 0.29) is 0 Å². The standard InChI is InChI=1S/C11H32N2O5Si4/c1-14-21(9-5-7-12)16-19(3)11-20(4)17-22(15-2,18-21)10-6-8-13/h19-20H,5-13H2,1-4H3. The first kappa shape index (κ1) is 20.6. The van der Waals surface area contributed by atoms with Crippen molar-refractivity contribution in [3.05, 3.63) is 0 Å². The molecule has 11 heteroatoms. The molecule has 1 aliphatic heterocycles. The Morgan fingerprint density at radius 1 is 0.909 bits per heavy atom. The van der Waals surface area contributed by atoms with Crippen LogP contribution in [0.2, 0.25) is 30.8 Å². The molecule has 1 saturated heterocycles. The zero-order valence-corrected chi connectivity index (χ0v) is 18.6. The Labute approximate surface area is 139 Å². The first-order valence-corrected chi connectivity index (χ1v) is 16.8. The Hall–Kier alpha value is 0.588. The number of rotatable bonds is 8. The predicted molar refractivity (Wildman–Crippen MR) is 96.6 cm³/mol. The van der Waals surface area contributed by atoms with Crippen LogP contribution in [0.3, 0.4) is 0 Å². The van der Waals surface area contributed by atoms with E-state index < -0.39 is 35.7 Å². The van der Waals surface area contributed by atoms with Gasteiger partial charge in [-0.15, -0.1) is 0 Å². The third kappa shape index (κ3) is 5.90. The van der Waals surface area contributed by atoms with Gasteiger partial charge < -0.3 is 32.7 Å². The highest BCUT2D eigenvalue weighted by Gasteiger charge is 2.54. The van der Waals surface area contributed by atoms with Crippen molar-refractivity contribution < 1.29 is 21.2 Å². The lowest BCUT2D eigenvalue weighted by molar-refractivity contribution is 0.124. The van der Waals surface area contributed by atoms with Gasteiger partial charge in [0, 0.05) is 26.3 Å². The van der Waals surface area contributed by atoms with Gasteiger partial charge in [-0.05, 0) is 44.7 Å². The third-order valence-corrected chi connectivity index (χ3v) is 20.8. The fourth-order valence-corrected chi connectivity index (χ4v) is 21.9. The maximum absolute atomic E-state index is 6.46. The molecule has 4 unspecified atom stereocenters. The summed E-state index contributed by atoms with van der Waals surface area (Å²) >= 11 is 0. The molecule has 132 valence electrons. The van der Waals surface area contributed by atoms with Crippen molar-refractivity contribution in [3.8, 4) is 0 Å². The molecule has 22 heavy (non-hydrogen) atoms. The van der Waals surface area contributed by atoms with E-state index in [0.29, 0.717) is 13.1 Å². The maximum atomic E-state index is 6.46. The van der Waals surface area contributed by atoms with Gasteiger partial charge in [0.05, 0.1) is 0 Å². The van der Waals surface area contributed by atoms with Crippen LogP contribution in [-0.4, -0.2) is 63.0 Å². The van der Waals surface area contributed by atoms with E-state index in [2.05, 4.69) is 13.1 Å². The zero-order chi connectivity index (χ0) is 16.6. The highest BCUT2D eigenvalue weighted by Crippen LogP contribution is 2.31. The molecule has 4 N–H and O–H groups in total. The van der Waals surface area contributed by atoms with Gasteiger partial charge >= 0.3 is 17.6 Å². The van der Waals surface area contributed by atoms with Crippen LogP contribution in [0.4, 0.5) is 0 Å². The van der Waals surface area contributed by atoms with Gasteiger partial charge in [0.25, 0.3) is 0 Å². The van der Waals surface area contributed by atoms with E-state index in [9.17, 15) is 0 Å². The Bertz CT molecular complexity index is 305. The molecule has 1 rings (SSSR count). The molecule has 7 nitrogen and oxygen atoms in total. The summed E-state index contributed by atoms with van der Waals surface area (Å²) in [6.45, 7) is 5.58. The van der Waals surface area contributed by atoms with Crippen LogP contribution >= 0.6 is 0 Å². The SMILES string of the molecule is CO[Si]1(CCCN)O[SiH](C)C[SiH](C)O[Si](CCCN)(OC)O1. The zero-order valence-electron chi connectivity index (χ0n) is 14.3. The second kappa shape index (κ2) is 9.78. The van der Waals surface area contributed by atoms with E-state index in [1.165, 1.54) is 0 Å². The predicted octanol–water partition coefficient (Wildman–Crippen LogP) is 0.164. The molecule has 0 aromatic heterocycles. The van der Waals surface area contributed by atoms with E-state index >= 15 is 0 Å². The van der Waals surface area contributed by atoms with Crippen molar-refractivity contribution in [1.29, 1.82) is 0 Å². The maximum Gasteiger partial charge on any atom is 0.482 e. The largest absolute Gasteiger partial charge is 0.482 e. The van der Waals surface area contributed by atoms with Gasteiger partial charge in [-0.3, -0.25) is 0 Å². The van der Waals surface area contributed by atoms with Crippen LogP contribution in [0.1, 0.15) is 12.8 Å². The number of hydrogen-bond donors (Lipinski definition) is 2. The van der Waals surface area contributed by atoms with Crippen LogP contribution in [0.15, 0.2) is 0 Å². The molecule has 4 atom stereocenters. The van der Waals surface area contributed by atoms with Gasteiger partial charge in [-0.2, -0.15) is 0 Å². The summed E-state index contributed by atoms with van der Waals surface area (Å²) in [7, 11) is -4.94. The Balaban J connectivity index is 3.02. The van der Waals surface area contributed by atoms with Crippen LogP contribution in [0.25, 0.3) is 0 Å². The molecule has 0 saturated carbocycles. The summed E-state index contributed by atoms with van der Waals surface area (Å²) < 4.78 is 30.8. The molecule has 1 aliphatic rings.